The maximum absolute atomic E-state index is 12.9. The molecule has 2 heterocycles. The van der Waals surface area contributed by atoms with Gasteiger partial charge in [-0.3, -0.25) is 9.69 Å². The number of hydrogen-bond donors (Lipinski definition) is 1. The molecule has 1 saturated carbocycles. The van der Waals surface area contributed by atoms with Gasteiger partial charge in [-0.2, -0.15) is 13.2 Å². The van der Waals surface area contributed by atoms with Crippen molar-refractivity contribution in [1.29, 1.82) is 0 Å². The minimum Gasteiger partial charge on any atom is -0.489 e. The van der Waals surface area contributed by atoms with E-state index in [-0.39, 0.29) is 24.9 Å². The molecule has 1 aliphatic carbocycles. The number of aliphatic carboxylic acids is 1. The molecule has 1 N–H and O–H groups in total. The van der Waals surface area contributed by atoms with Crippen LogP contribution < -0.4 is 4.74 Å². The molecule has 2 aromatic carbocycles. The Morgan fingerprint density at radius 1 is 1.03 bits per heavy atom. The summed E-state index contributed by atoms with van der Waals surface area (Å²) in [6, 6.07) is 10.7. The molecular weight excluding hydrogens is 479 g/mol. The van der Waals surface area contributed by atoms with Crippen LogP contribution in [0.5, 0.6) is 5.75 Å². The number of carbonyl (C=O) groups is 1. The van der Waals surface area contributed by atoms with E-state index in [0.29, 0.717) is 35.7 Å². The summed E-state index contributed by atoms with van der Waals surface area (Å²) in [7, 11) is 0. The first kappa shape index (κ1) is 24.7. The van der Waals surface area contributed by atoms with Crippen LogP contribution in [0.1, 0.15) is 56.9 Å². The second kappa shape index (κ2) is 9.81. The third-order valence-corrected chi connectivity index (χ3v) is 8.70. The summed E-state index contributed by atoms with van der Waals surface area (Å²) in [6.45, 7) is 0.919. The zero-order valence-electron chi connectivity index (χ0n) is 19.6. The zero-order valence-corrected chi connectivity index (χ0v) is 20.3. The Bertz CT molecular complexity index is 1070. The van der Waals surface area contributed by atoms with Crippen LogP contribution in [-0.2, 0) is 11.2 Å². The summed E-state index contributed by atoms with van der Waals surface area (Å²) in [6.07, 6.45) is 1.13. The quantitative estimate of drug-likeness (QED) is 0.462. The van der Waals surface area contributed by atoms with Crippen molar-refractivity contribution >= 4 is 28.3 Å². The van der Waals surface area contributed by atoms with Crippen molar-refractivity contribution in [3.05, 3.63) is 40.9 Å². The van der Waals surface area contributed by atoms with E-state index >= 15 is 0 Å². The van der Waals surface area contributed by atoms with Crippen LogP contribution in [0.2, 0.25) is 5.02 Å². The fourth-order valence-corrected chi connectivity index (χ4v) is 6.63. The Morgan fingerprint density at radius 3 is 2.34 bits per heavy atom. The molecule has 2 bridgehead atoms. The highest BCUT2D eigenvalue weighted by molar-refractivity contribution is 6.37. The molecule has 2 aromatic rings. The summed E-state index contributed by atoms with van der Waals surface area (Å²) in [5, 5.41) is 11.8. The highest BCUT2D eigenvalue weighted by Gasteiger charge is 2.43. The molecule has 190 valence electrons. The molecule has 2 aliphatic heterocycles. The topological polar surface area (TPSA) is 49.8 Å². The first-order valence-electron chi connectivity index (χ1n) is 12.6. The van der Waals surface area contributed by atoms with E-state index in [9.17, 15) is 23.1 Å². The number of carboxylic acid groups (broad SMARTS) is 1. The molecule has 35 heavy (non-hydrogen) atoms. The maximum atomic E-state index is 12.9. The summed E-state index contributed by atoms with van der Waals surface area (Å²) in [5.41, 5.74) is 1.20. The van der Waals surface area contributed by atoms with Crippen LogP contribution in [0.25, 0.3) is 10.8 Å². The fraction of sp³-hybridized carbons (Fsp3) is 0.593. The molecule has 0 spiro atoms. The van der Waals surface area contributed by atoms with Crippen LogP contribution in [0.15, 0.2) is 30.3 Å². The van der Waals surface area contributed by atoms with Gasteiger partial charge in [-0.1, -0.05) is 35.9 Å². The summed E-state index contributed by atoms with van der Waals surface area (Å²) in [5.74, 6) is -1.57. The van der Waals surface area contributed by atoms with Crippen molar-refractivity contribution in [3.8, 4) is 5.75 Å². The Kier molecular flexibility index (Phi) is 6.92. The van der Waals surface area contributed by atoms with Crippen molar-refractivity contribution in [2.45, 2.75) is 82.2 Å². The van der Waals surface area contributed by atoms with E-state index in [1.54, 1.807) is 0 Å². The van der Waals surface area contributed by atoms with Crippen molar-refractivity contribution in [1.82, 2.24) is 4.90 Å². The molecule has 8 heteroatoms. The predicted molar refractivity (Wildman–Crippen MR) is 129 cm³/mol. The Hall–Kier alpha value is -1.99. The maximum Gasteiger partial charge on any atom is 0.391 e. The average molecular weight is 510 g/mol. The summed E-state index contributed by atoms with van der Waals surface area (Å²) >= 11 is 6.64. The number of halogens is 4. The lowest BCUT2D eigenvalue weighted by Crippen LogP contribution is -2.45. The van der Waals surface area contributed by atoms with Crippen LogP contribution >= 0.6 is 11.6 Å². The molecule has 4 nitrogen and oxygen atoms in total. The zero-order chi connectivity index (χ0) is 24.7. The second-order valence-corrected chi connectivity index (χ2v) is 10.8. The second-order valence-electron chi connectivity index (χ2n) is 10.4. The van der Waals surface area contributed by atoms with Crippen molar-refractivity contribution in [3.63, 3.8) is 0 Å². The monoisotopic (exact) mass is 509 g/mol. The van der Waals surface area contributed by atoms with Crippen molar-refractivity contribution in [2.24, 2.45) is 11.8 Å². The minimum absolute atomic E-state index is 0.0957. The summed E-state index contributed by atoms with van der Waals surface area (Å²) < 4.78 is 44.8. The van der Waals surface area contributed by atoms with Gasteiger partial charge in [-0.15, -0.1) is 0 Å². The van der Waals surface area contributed by atoms with Gasteiger partial charge in [-0.05, 0) is 74.8 Å². The van der Waals surface area contributed by atoms with Gasteiger partial charge in [0.2, 0.25) is 0 Å². The van der Waals surface area contributed by atoms with Gasteiger partial charge in [0, 0.05) is 24.0 Å². The van der Waals surface area contributed by atoms with E-state index in [4.69, 9.17) is 16.3 Å². The van der Waals surface area contributed by atoms with E-state index in [1.165, 1.54) is 5.56 Å². The third-order valence-electron chi connectivity index (χ3n) is 8.31. The molecule has 0 aromatic heterocycles. The van der Waals surface area contributed by atoms with E-state index in [1.807, 2.05) is 18.2 Å². The highest BCUT2D eigenvalue weighted by atomic mass is 35.5. The van der Waals surface area contributed by atoms with Gasteiger partial charge in [0.1, 0.15) is 5.75 Å². The molecular formula is C27H31ClF3NO3. The number of rotatable bonds is 6. The number of alkyl halides is 3. The number of fused-ring (bicyclic) bond motifs is 3. The number of nitrogens with zero attached hydrogens (tertiary/aromatic N) is 1. The van der Waals surface area contributed by atoms with Gasteiger partial charge in [-0.25, -0.2) is 0 Å². The Morgan fingerprint density at radius 2 is 1.71 bits per heavy atom. The van der Waals surface area contributed by atoms with Crippen LogP contribution in [-0.4, -0.2) is 46.9 Å². The van der Waals surface area contributed by atoms with Gasteiger partial charge in [0.25, 0.3) is 0 Å². The van der Waals surface area contributed by atoms with Gasteiger partial charge in [0.15, 0.2) is 0 Å². The highest BCUT2D eigenvalue weighted by Crippen LogP contribution is 2.41. The van der Waals surface area contributed by atoms with Crippen molar-refractivity contribution < 1.29 is 27.8 Å². The smallest absolute Gasteiger partial charge is 0.391 e. The SMILES string of the molecule is O=C(O)C1CC2CC[C@@H](C1)N2CCc1ccc2c(Cl)c(OC3CCC(C(F)(F)F)CC3)ccc2c1. The number of carboxylic acids is 1. The van der Waals surface area contributed by atoms with Gasteiger partial charge in [0.05, 0.1) is 23.0 Å². The average Bonchev–Trinajstić information content (AvgIpc) is 3.05. The molecule has 3 fully saturated rings. The van der Waals surface area contributed by atoms with Crippen molar-refractivity contribution in [2.75, 3.05) is 6.54 Å². The molecule has 3 aliphatic rings. The first-order valence-corrected chi connectivity index (χ1v) is 13.0. The lowest BCUT2D eigenvalue weighted by molar-refractivity contribution is -0.185. The van der Waals surface area contributed by atoms with E-state index < -0.39 is 18.1 Å². The third kappa shape index (κ3) is 5.26. The number of ether oxygens (including phenoxy) is 1. The summed E-state index contributed by atoms with van der Waals surface area (Å²) in [4.78, 5) is 13.9. The standard InChI is InChI=1S/C27H31ClF3NO3/c28-25-23-9-1-16(11-12-32-20-5-6-21(32)15-18(14-20)26(33)34)13-17(23)2-10-24(25)35-22-7-3-19(4-8-22)27(29,30)31/h1-2,9-10,13,18-22H,3-8,11-12,14-15H2,(H,33,34)/t18?,19?,20-,21?,22?/m0/s1. The van der Waals surface area contributed by atoms with Gasteiger partial charge >= 0.3 is 12.1 Å². The van der Waals surface area contributed by atoms with E-state index in [2.05, 4.69) is 17.0 Å². The first-order chi connectivity index (χ1) is 16.7. The predicted octanol–water partition coefficient (Wildman–Crippen LogP) is 6.86. The fourth-order valence-electron chi connectivity index (χ4n) is 6.35. The molecule has 0 radical (unpaired) electrons. The molecule has 3 atom stereocenters. The lowest BCUT2D eigenvalue weighted by atomic mass is 9.87. The Balaban J connectivity index is 1.21. The van der Waals surface area contributed by atoms with E-state index in [0.717, 1.165) is 49.4 Å². The number of piperidine rings is 1. The van der Waals surface area contributed by atoms with Crippen LogP contribution in [0.4, 0.5) is 13.2 Å². The lowest BCUT2D eigenvalue weighted by Gasteiger charge is -2.37. The normalized spacial score (nSPS) is 29.4. The van der Waals surface area contributed by atoms with Crippen LogP contribution in [0.3, 0.4) is 0 Å². The largest absolute Gasteiger partial charge is 0.489 e. The Labute approximate surface area is 208 Å². The minimum atomic E-state index is -4.13. The molecule has 2 unspecified atom stereocenters. The number of benzene rings is 2. The molecule has 0 amide bonds. The van der Waals surface area contributed by atoms with Gasteiger partial charge < -0.3 is 9.84 Å². The van der Waals surface area contributed by atoms with Crippen LogP contribution in [0, 0.1) is 11.8 Å². The molecule has 2 saturated heterocycles. The number of hydrogen-bond acceptors (Lipinski definition) is 3. The molecule has 5 rings (SSSR count).